The first kappa shape index (κ1) is 12.3. The number of esters is 1. The summed E-state index contributed by atoms with van der Waals surface area (Å²) in [7, 11) is 1.37. The van der Waals surface area contributed by atoms with E-state index in [0.29, 0.717) is 18.8 Å². The molecule has 1 aromatic rings. The fraction of sp³-hybridized carbons (Fsp3) is 0.500. The molecule has 0 aromatic carbocycles. The maximum absolute atomic E-state index is 11.8. The average Bonchev–Trinajstić information content (AvgIpc) is 2.46. The van der Waals surface area contributed by atoms with E-state index in [1.807, 2.05) is 11.0 Å². The fourth-order valence-electron chi connectivity index (χ4n) is 2.19. The van der Waals surface area contributed by atoms with Crippen LogP contribution < -0.4 is 4.90 Å². The van der Waals surface area contributed by atoms with E-state index in [0.717, 1.165) is 12.8 Å². The largest absolute Gasteiger partial charge is 0.467 e. The van der Waals surface area contributed by atoms with Crippen LogP contribution in [0.4, 0.5) is 5.82 Å². The molecule has 1 fully saturated rings. The molecule has 1 saturated heterocycles. The van der Waals surface area contributed by atoms with Gasteiger partial charge in [0.15, 0.2) is 11.5 Å². The van der Waals surface area contributed by atoms with Crippen molar-refractivity contribution in [3.8, 4) is 6.07 Å². The van der Waals surface area contributed by atoms with Crippen molar-refractivity contribution in [2.75, 3.05) is 18.6 Å². The summed E-state index contributed by atoms with van der Waals surface area (Å²) in [6, 6.07) is 1.63. The lowest BCUT2D eigenvalue weighted by atomic mass is 10.0. The molecule has 0 saturated carbocycles. The monoisotopic (exact) mass is 246 g/mol. The van der Waals surface area contributed by atoms with Gasteiger partial charge in [-0.05, 0) is 19.3 Å². The van der Waals surface area contributed by atoms with Crippen LogP contribution in [0.1, 0.15) is 25.0 Å². The normalized spacial score (nSPS) is 19.1. The van der Waals surface area contributed by atoms with Crippen LogP contribution in [0.3, 0.4) is 0 Å². The Balaban J connectivity index is 2.34. The number of ether oxygens (including phenoxy) is 1. The standard InChI is InChI=1S/C12H14N4O2/c1-18-12(17)10-4-2-3-7-16(10)11-9(8-13)14-5-6-15-11/h5-6,10H,2-4,7H2,1H3. The van der Waals surface area contributed by atoms with Gasteiger partial charge in [-0.25, -0.2) is 14.8 Å². The van der Waals surface area contributed by atoms with Crippen molar-refractivity contribution in [3.05, 3.63) is 18.1 Å². The van der Waals surface area contributed by atoms with E-state index in [1.165, 1.54) is 19.5 Å². The number of methoxy groups -OCH3 is 1. The molecular formula is C12H14N4O2. The number of hydrogen-bond acceptors (Lipinski definition) is 6. The topological polar surface area (TPSA) is 79.1 Å². The van der Waals surface area contributed by atoms with Crippen LogP contribution in [-0.4, -0.2) is 35.6 Å². The lowest BCUT2D eigenvalue weighted by Gasteiger charge is -2.34. The van der Waals surface area contributed by atoms with Gasteiger partial charge in [0, 0.05) is 18.9 Å². The van der Waals surface area contributed by atoms with Crippen molar-refractivity contribution in [1.29, 1.82) is 5.26 Å². The second-order valence-corrected chi connectivity index (χ2v) is 4.07. The first-order valence-electron chi connectivity index (χ1n) is 5.83. The second kappa shape index (κ2) is 5.45. The Kier molecular flexibility index (Phi) is 3.72. The molecule has 0 N–H and O–H groups in total. The zero-order chi connectivity index (χ0) is 13.0. The van der Waals surface area contributed by atoms with Gasteiger partial charge in [-0.3, -0.25) is 0 Å². The highest BCUT2D eigenvalue weighted by molar-refractivity contribution is 5.80. The van der Waals surface area contributed by atoms with Crippen molar-refractivity contribution in [2.45, 2.75) is 25.3 Å². The van der Waals surface area contributed by atoms with Crippen molar-refractivity contribution >= 4 is 11.8 Å². The Morgan fingerprint density at radius 3 is 3.00 bits per heavy atom. The molecule has 1 atom stereocenters. The molecule has 0 radical (unpaired) electrons. The van der Waals surface area contributed by atoms with Crippen LogP contribution >= 0.6 is 0 Å². The molecule has 1 aliphatic rings. The summed E-state index contributed by atoms with van der Waals surface area (Å²) in [4.78, 5) is 21.7. The van der Waals surface area contributed by atoms with Crippen LogP contribution in [0.5, 0.6) is 0 Å². The predicted octanol–water partition coefficient (Wildman–Crippen LogP) is 0.880. The molecule has 1 aliphatic heterocycles. The van der Waals surface area contributed by atoms with Crippen molar-refractivity contribution in [2.24, 2.45) is 0 Å². The Morgan fingerprint density at radius 1 is 1.50 bits per heavy atom. The van der Waals surface area contributed by atoms with E-state index in [1.54, 1.807) is 0 Å². The van der Waals surface area contributed by atoms with Gasteiger partial charge in [-0.1, -0.05) is 0 Å². The molecule has 6 nitrogen and oxygen atoms in total. The Bertz CT molecular complexity index is 483. The number of aromatic nitrogens is 2. The molecule has 18 heavy (non-hydrogen) atoms. The highest BCUT2D eigenvalue weighted by Gasteiger charge is 2.31. The quantitative estimate of drug-likeness (QED) is 0.721. The van der Waals surface area contributed by atoms with E-state index in [-0.39, 0.29) is 17.7 Å². The molecule has 2 rings (SSSR count). The van der Waals surface area contributed by atoms with Gasteiger partial charge >= 0.3 is 5.97 Å². The van der Waals surface area contributed by atoms with Gasteiger partial charge in [0.2, 0.25) is 0 Å². The molecule has 0 bridgehead atoms. The smallest absolute Gasteiger partial charge is 0.328 e. The van der Waals surface area contributed by atoms with E-state index in [2.05, 4.69) is 9.97 Å². The third-order valence-electron chi connectivity index (χ3n) is 3.03. The number of nitrogens with zero attached hydrogens (tertiary/aromatic N) is 4. The lowest BCUT2D eigenvalue weighted by Crippen LogP contribution is -2.46. The summed E-state index contributed by atoms with van der Waals surface area (Å²) in [5, 5.41) is 9.04. The molecule has 0 amide bonds. The zero-order valence-electron chi connectivity index (χ0n) is 10.2. The molecular weight excluding hydrogens is 232 g/mol. The first-order valence-corrected chi connectivity index (χ1v) is 5.83. The summed E-state index contributed by atoms with van der Waals surface area (Å²) < 4.78 is 4.80. The number of rotatable bonds is 2. The van der Waals surface area contributed by atoms with Crippen LogP contribution in [0.25, 0.3) is 0 Å². The maximum atomic E-state index is 11.8. The van der Waals surface area contributed by atoms with Crippen LogP contribution in [-0.2, 0) is 9.53 Å². The van der Waals surface area contributed by atoms with Gasteiger partial charge in [-0.15, -0.1) is 0 Å². The van der Waals surface area contributed by atoms with Gasteiger partial charge < -0.3 is 9.64 Å². The lowest BCUT2D eigenvalue weighted by molar-refractivity contribution is -0.142. The van der Waals surface area contributed by atoms with Gasteiger partial charge in [0.05, 0.1) is 7.11 Å². The van der Waals surface area contributed by atoms with E-state index >= 15 is 0 Å². The molecule has 1 aromatic heterocycles. The number of piperidine rings is 1. The van der Waals surface area contributed by atoms with Gasteiger partial charge in [-0.2, -0.15) is 5.26 Å². The Morgan fingerprint density at radius 2 is 2.28 bits per heavy atom. The fourth-order valence-corrected chi connectivity index (χ4v) is 2.19. The minimum atomic E-state index is -0.368. The highest BCUT2D eigenvalue weighted by Crippen LogP contribution is 2.25. The number of nitriles is 1. The molecule has 2 heterocycles. The Labute approximate surface area is 105 Å². The zero-order valence-corrected chi connectivity index (χ0v) is 10.2. The summed E-state index contributed by atoms with van der Waals surface area (Å²) >= 11 is 0. The second-order valence-electron chi connectivity index (χ2n) is 4.07. The highest BCUT2D eigenvalue weighted by atomic mass is 16.5. The maximum Gasteiger partial charge on any atom is 0.328 e. The minimum Gasteiger partial charge on any atom is -0.467 e. The minimum absolute atomic E-state index is 0.244. The number of carbonyl (C=O) groups excluding carboxylic acids is 1. The predicted molar refractivity (Wildman–Crippen MR) is 63.7 cm³/mol. The SMILES string of the molecule is COC(=O)C1CCCCN1c1nccnc1C#N. The first-order chi connectivity index (χ1) is 8.77. The van der Waals surface area contributed by atoms with Gasteiger partial charge in [0.25, 0.3) is 0 Å². The summed E-state index contributed by atoms with van der Waals surface area (Å²) in [5.74, 6) is 0.180. The third kappa shape index (κ3) is 2.25. The number of hydrogen-bond donors (Lipinski definition) is 0. The van der Waals surface area contributed by atoms with E-state index < -0.39 is 0 Å². The van der Waals surface area contributed by atoms with E-state index in [4.69, 9.17) is 10.00 Å². The van der Waals surface area contributed by atoms with Crippen molar-refractivity contribution in [3.63, 3.8) is 0 Å². The van der Waals surface area contributed by atoms with E-state index in [9.17, 15) is 4.79 Å². The van der Waals surface area contributed by atoms with Crippen molar-refractivity contribution in [1.82, 2.24) is 9.97 Å². The molecule has 0 aliphatic carbocycles. The number of anilines is 1. The Hall–Kier alpha value is -2.16. The average molecular weight is 246 g/mol. The number of carbonyl (C=O) groups is 1. The van der Waals surface area contributed by atoms with Gasteiger partial charge in [0.1, 0.15) is 12.1 Å². The van der Waals surface area contributed by atoms with Crippen LogP contribution in [0, 0.1) is 11.3 Å². The molecule has 0 spiro atoms. The summed E-state index contributed by atoms with van der Waals surface area (Å²) in [6.45, 7) is 0.688. The van der Waals surface area contributed by atoms with Crippen LogP contribution in [0.15, 0.2) is 12.4 Å². The summed E-state index contributed by atoms with van der Waals surface area (Å²) in [5.41, 5.74) is 0.244. The van der Waals surface area contributed by atoms with Crippen LogP contribution in [0.2, 0.25) is 0 Å². The third-order valence-corrected chi connectivity index (χ3v) is 3.03. The summed E-state index contributed by atoms with van der Waals surface area (Å²) in [6.07, 6.45) is 5.65. The molecule has 6 heteroatoms. The van der Waals surface area contributed by atoms with Crippen molar-refractivity contribution < 1.29 is 9.53 Å². The molecule has 94 valence electrons. The molecule has 1 unspecified atom stereocenters.